The molecule has 1 fully saturated rings. The molecule has 3 aromatic rings. The SMILES string of the molecule is O=C(Nc1cc(N2CCOC2=O)ccc1F)c1cc2ccccc2c(Cl)n1. The Labute approximate surface area is 158 Å². The van der Waals surface area contributed by atoms with Gasteiger partial charge in [-0.1, -0.05) is 35.9 Å². The quantitative estimate of drug-likeness (QED) is 0.685. The van der Waals surface area contributed by atoms with E-state index in [1.807, 2.05) is 12.1 Å². The van der Waals surface area contributed by atoms with Gasteiger partial charge in [0.1, 0.15) is 23.3 Å². The van der Waals surface area contributed by atoms with Crippen molar-refractivity contribution >= 4 is 45.7 Å². The normalized spacial score (nSPS) is 13.7. The number of carbonyl (C=O) groups excluding carboxylic acids is 2. The molecule has 1 N–H and O–H groups in total. The van der Waals surface area contributed by atoms with Crippen molar-refractivity contribution in [3.05, 3.63) is 65.2 Å². The van der Waals surface area contributed by atoms with E-state index in [-0.39, 0.29) is 23.1 Å². The van der Waals surface area contributed by atoms with Crippen molar-refractivity contribution in [2.24, 2.45) is 0 Å². The van der Waals surface area contributed by atoms with Crippen molar-refractivity contribution < 1.29 is 18.7 Å². The molecule has 4 rings (SSSR count). The van der Waals surface area contributed by atoms with E-state index in [0.29, 0.717) is 12.2 Å². The number of hydrogen-bond acceptors (Lipinski definition) is 4. The predicted molar refractivity (Wildman–Crippen MR) is 99.8 cm³/mol. The zero-order valence-corrected chi connectivity index (χ0v) is 14.7. The highest BCUT2D eigenvalue weighted by Gasteiger charge is 2.24. The van der Waals surface area contributed by atoms with Gasteiger partial charge < -0.3 is 10.1 Å². The number of nitrogens with zero attached hydrogens (tertiary/aromatic N) is 2. The Bertz CT molecular complexity index is 1070. The number of cyclic esters (lactones) is 1. The van der Waals surface area contributed by atoms with Crippen LogP contribution in [0.15, 0.2) is 48.5 Å². The van der Waals surface area contributed by atoms with Crippen LogP contribution in [-0.2, 0) is 4.74 Å². The maximum atomic E-state index is 14.2. The van der Waals surface area contributed by atoms with Crippen LogP contribution in [0.25, 0.3) is 10.8 Å². The molecular formula is C19H13ClFN3O3. The van der Waals surface area contributed by atoms with Crippen molar-refractivity contribution in [3.8, 4) is 0 Å². The largest absolute Gasteiger partial charge is 0.447 e. The molecule has 2 aromatic carbocycles. The standard InChI is InChI=1S/C19H13ClFN3O3/c20-17-13-4-2-1-3-11(13)9-16(22-17)18(25)23-15-10-12(5-6-14(15)21)24-7-8-27-19(24)26/h1-6,9-10H,7-8H2,(H,23,25). The van der Waals surface area contributed by atoms with E-state index in [1.54, 1.807) is 18.2 Å². The summed E-state index contributed by atoms with van der Waals surface area (Å²) in [6, 6.07) is 12.8. The smallest absolute Gasteiger partial charge is 0.414 e. The lowest BCUT2D eigenvalue weighted by atomic mass is 10.1. The molecule has 0 unspecified atom stereocenters. The number of pyridine rings is 1. The van der Waals surface area contributed by atoms with Gasteiger partial charge in [0.05, 0.1) is 12.2 Å². The Morgan fingerprint density at radius 1 is 1.22 bits per heavy atom. The zero-order chi connectivity index (χ0) is 19.0. The molecule has 1 aliphatic heterocycles. The average molecular weight is 386 g/mol. The summed E-state index contributed by atoms with van der Waals surface area (Å²) in [6.45, 7) is 0.622. The Hall–Kier alpha value is -3.19. The number of ether oxygens (including phenoxy) is 1. The fourth-order valence-electron chi connectivity index (χ4n) is 2.86. The van der Waals surface area contributed by atoms with E-state index in [2.05, 4.69) is 10.3 Å². The van der Waals surface area contributed by atoms with Crippen LogP contribution in [0.4, 0.5) is 20.6 Å². The number of carbonyl (C=O) groups is 2. The second-order valence-electron chi connectivity index (χ2n) is 5.90. The maximum absolute atomic E-state index is 14.2. The third-order valence-electron chi connectivity index (χ3n) is 4.20. The minimum atomic E-state index is -0.633. The molecule has 27 heavy (non-hydrogen) atoms. The Balaban J connectivity index is 1.64. The third kappa shape index (κ3) is 3.29. The number of nitrogens with one attached hydrogen (secondary N) is 1. The maximum Gasteiger partial charge on any atom is 0.414 e. The summed E-state index contributed by atoms with van der Waals surface area (Å²) >= 11 is 6.14. The number of benzene rings is 2. The molecule has 6 nitrogen and oxygen atoms in total. The number of fused-ring (bicyclic) bond motifs is 1. The van der Waals surface area contributed by atoms with Crippen molar-refractivity contribution in [1.29, 1.82) is 0 Å². The van der Waals surface area contributed by atoms with E-state index in [1.165, 1.54) is 23.1 Å². The van der Waals surface area contributed by atoms with Crippen LogP contribution >= 0.6 is 11.6 Å². The van der Waals surface area contributed by atoms with E-state index in [0.717, 1.165) is 10.8 Å². The molecular weight excluding hydrogens is 373 g/mol. The highest BCUT2D eigenvalue weighted by Crippen LogP contribution is 2.26. The van der Waals surface area contributed by atoms with E-state index in [4.69, 9.17) is 16.3 Å². The number of halogens is 2. The van der Waals surface area contributed by atoms with Gasteiger partial charge in [-0.05, 0) is 29.7 Å². The molecule has 0 saturated carbocycles. The summed E-state index contributed by atoms with van der Waals surface area (Å²) in [7, 11) is 0. The van der Waals surface area contributed by atoms with Gasteiger partial charge in [0.2, 0.25) is 0 Å². The number of amides is 2. The van der Waals surface area contributed by atoms with Crippen LogP contribution < -0.4 is 10.2 Å². The highest BCUT2D eigenvalue weighted by molar-refractivity contribution is 6.34. The second kappa shape index (κ2) is 6.85. The summed E-state index contributed by atoms with van der Waals surface area (Å²) in [5.74, 6) is -1.24. The number of aromatic nitrogens is 1. The van der Waals surface area contributed by atoms with Gasteiger partial charge in [-0.15, -0.1) is 0 Å². The molecule has 0 spiro atoms. The first-order chi connectivity index (χ1) is 13.0. The number of rotatable bonds is 3. The summed E-state index contributed by atoms with van der Waals surface area (Å²) in [4.78, 5) is 29.7. The minimum Gasteiger partial charge on any atom is -0.447 e. The van der Waals surface area contributed by atoms with Gasteiger partial charge in [-0.2, -0.15) is 0 Å². The van der Waals surface area contributed by atoms with Crippen LogP contribution in [0.2, 0.25) is 5.15 Å². The lowest BCUT2D eigenvalue weighted by Gasteiger charge is -2.15. The fraction of sp³-hybridized carbons (Fsp3) is 0.105. The minimum absolute atomic E-state index is 0.0593. The lowest BCUT2D eigenvalue weighted by molar-refractivity contribution is 0.102. The fourth-order valence-corrected chi connectivity index (χ4v) is 3.13. The molecule has 1 aromatic heterocycles. The molecule has 0 atom stereocenters. The summed E-state index contributed by atoms with van der Waals surface area (Å²) < 4.78 is 19.0. The first-order valence-electron chi connectivity index (χ1n) is 8.13. The van der Waals surface area contributed by atoms with Crippen molar-refractivity contribution in [3.63, 3.8) is 0 Å². The molecule has 1 saturated heterocycles. The van der Waals surface area contributed by atoms with Crippen LogP contribution in [0.3, 0.4) is 0 Å². The van der Waals surface area contributed by atoms with Crippen molar-refractivity contribution in [2.45, 2.75) is 0 Å². The van der Waals surface area contributed by atoms with Gasteiger partial charge in [0, 0.05) is 11.1 Å². The second-order valence-corrected chi connectivity index (χ2v) is 6.26. The summed E-state index contributed by atoms with van der Waals surface area (Å²) in [5.41, 5.74) is 0.422. The van der Waals surface area contributed by atoms with E-state index in [9.17, 15) is 14.0 Å². The van der Waals surface area contributed by atoms with Gasteiger partial charge in [-0.25, -0.2) is 14.2 Å². The van der Waals surface area contributed by atoms with Gasteiger partial charge in [0.15, 0.2) is 0 Å². The average Bonchev–Trinajstić information content (AvgIpc) is 3.09. The van der Waals surface area contributed by atoms with Crippen LogP contribution in [-0.4, -0.2) is 30.1 Å². The molecule has 2 amide bonds. The van der Waals surface area contributed by atoms with Crippen LogP contribution in [0.5, 0.6) is 0 Å². The summed E-state index contributed by atoms with van der Waals surface area (Å²) in [6.07, 6.45) is -0.512. The summed E-state index contributed by atoms with van der Waals surface area (Å²) in [5, 5.41) is 4.14. The Morgan fingerprint density at radius 3 is 2.81 bits per heavy atom. The zero-order valence-electron chi connectivity index (χ0n) is 13.9. The number of anilines is 2. The molecule has 0 bridgehead atoms. The number of hydrogen-bond donors (Lipinski definition) is 1. The monoisotopic (exact) mass is 385 g/mol. The molecule has 0 aliphatic carbocycles. The Morgan fingerprint density at radius 2 is 2.04 bits per heavy atom. The Kier molecular flexibility index (Phi) is 4.37. The van der Waals surface area contributed by atoms with Crippen molar-refractivity contribution in [1.82, 2.24) is 4.98 Å². The first kappa shape index (κ1) is 17.2. The highest BCUT2D eigenvalue weighted by atomic mass is 35.5. The van der Waals surface area contributed by atoms with Crippen LogP contribution in [0, 0.1) is 5.82 Å². The van der Waals surface area contributed by atoms with E-state index >= 15 is 0 Å². The van der Waals surface area contributed by atoms with Crippen LogP contribution in [0.1, 0.15) is 10.5 Å². The molecule has 136 valence electrons. The lowest BCUT2D eigenvalue weighted by Crippen LogP contribution is -2.23. The van der Waals surface area contributed by atoms with E-state index < -0.39 is 17.8 Å². The van der Waals surface area contributed by atoms with Gasteiger partial charge in [-0.3, -0.25) is 9.69 Å². The van der Waals surface area contributed by atoms with Gasteiger partial charge in [0.25, 0.3) is 5.91 Å². The molecule has 2 heterocycles. The topological polar surface area (TPSA) is 71.5 Å². The predicted octanol–water partition coefficient (Wildman–Crippen LogP) is 4.24. The molecule has 8 heteroatoms. The first-order valence-corrected chi connectivity index (χ1v) is 8.51. The molecule has 0 radical (unpaired) electrons. The molecule has 1 aliphatic rings. The van der Waals surface area contributed by atoms with Crippen molar-refractivity contribution in [2.75, 3.05) is 23.4 Å². The third-order valence-corrected chi connectivity index (χ3v) is 4.49. The van der Waals surface area contributed by atoms with Gasteiger partial charge >= 0.3 is 6.09 Å².